The third kappa shape index (κ3) is 9.36. The van der Waals surface area contributed by atoms with Crippen LogP contribution in [0.2, 0.25) is 0 Å². The number of hydrogen-bond acceptors (Lipinski definition) is 1. The van der Waals surface area contributed by atoms with E-state index in [0.717, 1.165) is 18.9 Å². The molecule has 0 radical (unpaired) electrons. The molecule has 0 aromatic carbocycles. The van der Waals surface area contributed by atoms with Crippen molar-refractivity contribution in [2.75, 3.05) is 13.6 Å². The fourth-order valence-corrected chi connectivity index (χ4v) is 1.32. The Hall–Kier alpha value is -0.730. The van der Waals surface area contributed by atoms with Crippen molar-refractivity contribution < 1.29 is 4.79 Å². The molecule has 0 fully saturated rings. The molecule has 0 atom stereocenters. The van der Waals surface area contributed by atoms with Crippen LogP contribution in [0.25, 0.3) is 0 Å². The van der Waals surface area contributed by atoms with Crippen LogP contribution in [0, 0.1) is 5.92 Å². The topological polar surface area (TPSA) is 41.1 Å². The molecule has 0 bridgehead atoms. The van der Waals surface area contributed by atoms with Gasteiger partial charge in [0.05, 0.1) is 0 Å². The number of carbonyl (C=O) groups excluding carboxylic acids is 1. The third-order valence-corrected chi connectivity index (χ3v) is 2.22. The van der Waals surface area contributed by atoms with Gasteiger partial charge in [-0.15, -0.1) is 0 Å². The predicted molar refractivity (Wildman–Crippen MR) is 60.4 cm³/mol. The summed E-state index contributed by atoms with van der Waals surface area (Å²) in [5, 5.41) is 5.31. The van der Waals surface area contributed by atoms with Crippen LogP contribution >= 0.6 is 0 Å². The summed E-state index contributed by atoms with van der Waals surface area (Å²) in [7, 11) is 1.64. The van der Waals surface area contributed by atoms with Gasteiger partial charge in [-0.25, -0.2) is 4.79 Å². The zero-order valence-electron chi connectivity index (χ0n) is 9.73. The molecule has 0 aromatic rings. The fraction of sp³-hybridized carbons (Fsp3) is 0.909. The summed E-state index contributed by atoms with van der Waals surface area (Å²) in [6.07, 6.45) is 6.23. The van der Waals surface area contributed by atoms with Crippen LogP contribution in [0.3, 0.4) is 0 Å². The molecule has 14 heavy (non-hydrogen) atoms. The average molecular weight is 200 g/mol. The minimum atomic E-state index is -0.0767. The second-order valence-corrected chi connectivity index (χ2v) is 4.10. The van der Waals surface area contributed by atoms with Gasteiger partial charge in [-0.1, -0.05) is 39.5 Å². The molecule has 3 nitrogen and oxygen atoms in total. The van der Waals surface area contributed by atoms with Crippen molar-refractivity contribution in [2.24, 2.45) is 5.92 Å². The van der Waals surface area contributed by atoms with E-state index in [1.807, 2.05) is 0 Å². The summed E-state index contributed by atoms with van der Waals surface area (Å²) < 4.78 is 0. The third-order valence-electron chi connectivity index (χ3n) is 2.22. The molecule has 0 spiro atoms. The number of urea groups is 1. The first kappa shape index (κ1) is 13.3. The predicted octanol–water partition coefficient (Wildman–Crippen LogP) is 2.52. The molecule has 0 unspecified atom stereocenters. The summed E-state index contributed by atoms with van der Waals surface area (Å²) in [4.78, 5) is 10.8. The second kappa shape index (κ2) is 8.85. The van der Waals surface area contributed by atoms with Crippen LogP contribution < -0.4 is 10.6 Å². The maximum Gasteiger partial charge on any atom is 0.314 e. The molecule has 2 N–H and O–H groups in total. The highest BCUT2D eigenvalue weighted by Gasteiger charge is 1.96. The van der Waals surface area contributed by atoms with Crippen molar-refractivity contribution in [3.05, 3.63) is 0 Å². The van der Waals surface area contributed by atoms with E-state index in [9.17, 15) is 4.79 Å². The Labute approximate surface area is 87.6 Å². The van der Waals surface area contributed by atoms with E-state index in [2.05, 4.69) is 24.5 Å². The maximum absolute atomic E-state index is 10.8. The van der Waals surface area contributed by atoms with E-state index in [1.54, 1.807) is 7.05 Å². The molecule has 0 aliphatic heterocycles. The lowest BCUT2D eigenvalue weighted by molar-refractivity contribution is 0.242. The van der Waals surface area contributed by atoms with Gasteiger partial charge in [0.15, 0.2) is 0 Å². The first-order valence-electron chi connectivity index (χ1n) is 5.62. The van der Waals surface area contributed by atoms with E-state index >= 15 is 0 Å². The summed E-state index contributed by atoms with van der Waals surface area (Å²) in [6, 6.07) is -0.0767. The number of amides is 2. The highest BCUT2D eigenvalue weighted by molar-refractivity contribution is 5.73. The molecular formula is C11H24N2O. The molecule has 0 saturated heterocycles. The van der Waals surface area contributed by atoms with E-state index in [0.29, 0.717) is 0 Å². The minimum Gasteiger partial charge on any atom is -0.341 e. The first-order chi connectivity index (χ1) is 6.66. The second-order valence-electron chi connectivity index (χ2n) is 4.10. The SMILES string of the molecule is CNC(=O)NCCCCCCC(C)C. The largest absolute Gasteiger partial charge is 0.341 e. The number of unbranched alkanes of at least 4 members (excludes halogenated alkanes) is 3. The molecule has 0 rings (SSSR count). The molecule has 3 heteroatoms. The van der Waals surface area contributed by atoms with E-state index < -0.39 is 0 Å². The zero-order chi connectivity index (χ0) is 10.8. The van der Waals surface area contributed by atoms with Gasteiger partial charge in [-0.3, -0.25) is 0 Å². The van der Waals surface area contributed by atoms with E-state index in [1.165, 1.54) is 25.7 Å². The summed E-state index contributed by atoms with van der Waals surface area (Å²) >= 11 is 0. The first-order valence-corrected chi connectivity index (χ1v) is 5.62. The molecule has 84 valence electrons. The van der Waals surface area contributed by atoms with Gasteiger partial charge < -0.3 is 10.6 Å². The van der Waals surface area contributed by atoms with Gasteiger partial charge in [0, 0.05) is 13.6 Å². The Bertz CT molecular complexity index is 146. The van der Waals surface area contributed by atoms with Crippen molar-refractivity contribution >= 4 is 6.03 Å². The molecule has 0 saturated carbocycles. The van der Waals surface area contributed by atoms with E-state index in [4.69, 9.17) is 0 Å². The smallest absolute Gasteiger partial charge is 0.314 e. The Morgan fingerprint density at radius 3 is 2.36 bits per heavy atom. The molecule has 0 aromatic heterocycles. The molecule has 2 amide bonds. The summed E-state index contributed by atoms with van der Waals surface area (Å²) in [5.74, 6) is 0.819. The van der Waals surface area contributed by atoms with Crippen LogP contribution in [0.4, 0.5) is 4.79 Å². The maximum atomic E-state index is 10.8. The van der Waals surface area contributed by atoms with Crippen LogP contribution in [0.15, 0.2) is 0 Å². The van der Waals surface area contributed by atoms with Gasteiger partial charge >= 0.3 is 6.03 Å². The quantitative estimate of drug-likeness (QED) is 0.609. The summed E-state index contributed by atoms with van der Waals surface area (Å²) in [5.41, 5.74) is 0. The number of carbonyl (C=O) groups is 1. The van der Waals surface area contributed by atoms with Crippen molar-refractivity contribution in [2.45, 2.75) is 46.0 Å². The van der Waals surface area contributed by atoms with Gasteiger partial charge in [0.25, 0.3) is 0 Å². The van der Waals surface area contributed by atoms with Gasteiger partial charge in [-0.05, 0) is 12.3 Å². The van der Waals surface area contributed by atoms with Crippen LogP contribution in [-0.4, -0.2) is 19.6 Å². The highest BCUT2D eigenvalue weighted by atomic mass is 16.2. The molecule has 0 aliphatic carbocycles. The molecular weight excluding hydrogens is 176 g/mol. The lowest BCUT2D eigenvalue weighted by Crippen LogP contribution is -2.33. The highest BCUT2D eigenvalue weighted by Crippen LogP contribution is 2.08. The van der Waals surface area contributed by atoms with Crippen LogP contribution in [0.1, 0.15) is 46.0 Å². The van der Waals surface area contributed by atoms with Gasteiger partial charge in [0.2, 0.25) is 0 Å². The minimum absolute atomic E-state index is 0.0767. The Balaban J connectivity index is 3.03. The lowest BCUT2D eigenvalue weighted by atomic mass is 10.0. The average Bonchev–Trinajstić information content (AvgIpc) is 2.15. The van der Waals surface area contributed by atoms with Crippen molar-refractivity contribution in [1.82, 2.24) is 10.6 Å². The Morgan fingerprint density at radius 1 is 1.14 bits per heavy atom. The number of hydrogen-bond donors (Lipinski definition) is 2. The van der Waals surface area contributed by atoms with Crippen molar-refractivity contribution in [1.29, 1.82) is 0 Å². The molecule has 0 heterocycles. The van der Waals surface area contributed by atoms with Crippen molar-refractivity contribution in [3.8, 4) is 0 Å². The number of nitrogens with one attached hydrogen (secondary N) is 2. The number of rotatable bonds is 7. The Kier molecular flexibility index (Phi) is 8.39. The van der Waals surface area contributed by atoms with Gasteiger partial charge in [0.1, 0.15) is 0 Å². The lowest BCUT2D eigenvalue weighted by Gasteiger charge is -2.05. The fourth-order valence-electron chi connectivity index (χ4n) is 1.32. The van der Waals surface area contributed by atoms with Crippen LogP contribution in [0.5, 0.6) is 0 Å². The van der Waals surface area contributed by atoms with Crippen LogP contribution in [-0.2, 0) is 0 Å². The monoisotopic (exact) mass is 200 g/mol. The van der Waals surface area contributed by atoms with Crippen molar-refractivity contribution in [3.63, 3.8) is 0 Å². The Morgan fingerprint density at radius 2 is 1.79 bits per heavy atom. The molecule has 0 aliphatic rings. The zero-order valence-corrected chi connectivity index (χ0v) is 9.73. The van der Waals surface area contributed by atoms with Gasteiger partial charge in [-0.2, -0.15) is 0 Å². The van der Waals surface area contributed by atoms with E-state index in [-0.39, 0.29) is 6.03 Å². The summed E-state index contributed by atoms with van der Waals surface area (Å²) in [6.45, 7) is 5.31. The standard InChI is InChI=1S/C11H24N2O/c1-10(2)8-6-4-5-7-9-13-11(14)12-3/h10H,4-9H2,1-3H3,(H2,12,13,14). The normalized spacial score (nSPS) is 10.3.